The summed E-state index contributed by atoms with van der Waals surface area (Å²) in [7, 11) is 0. The molecule has 4 heterocycles. The van der Waals surface area contributed by atoms with Crippen LogP contribution < -0.4 is 4.90 Å². The second-order valence-electron chi connectivity index (χ2n) is 6.68. The van der Waals surface area contributed by atoms with Gasteiger partial charge < -0.3 is 4.90 Å². The van der Waals surface area contributed by atoms with E-state index in [1.165, 1.54) is 16.2 Å². The summed E-state index contributed by atoms with van der Waals surface area (Å²) in [4.78, 5) is 18.7. The summed E-state index contributed by atoms with van der Waals surface area (Å²) in [6.07, 6.45) is 0. The second kappa shape index (κ2) is 5.34. The van der Waals surface area contributed by atoms with Gasteiger partial charge in [-0.05, 0) is 31.4 Å². The predicted molar refractivity (Wildman–Crippen MR) is 93.4 cm³/mol. The zero-order valence-corrected chi connectivity index (χ0v) is 15.1. The molecule has 4 rings (SSSR count). The number of thiophene rings is 2. The molecule has 0 aromatic carbocycles. The van der Waals surface area contributed by atoms with Crippen LogP contribution in [-0.4, -0.2) is 41.8 Å². The fourth-order valence-corrected chi connectivity index (χ4v) is 5.44. The summed E-state index contributed by atoms with van der Waals surface area (Å²) in [5, 5.41) is 1.94. The van der Waals surface area contributed by atoms with E-state index in [1.807, 2.05) is 37.4 Å². The molecule has 0 spiro atoms. The minimum absolute atomic E-state index is 0.0498. The van der Waals surface area contributed by atoms with Crippen LogP contribution in [0.1, 0.15) is 14.6 Å². The lowest BCUT2D eigenvalue weighted by Gasteiger charge is -2.22. The minimum atomic E-state index is -2.45. The summed E-state index contributed by atoms with van der Waals surface area (Å²) in [5.41, 5.74) is -3.95. The van der Waals surface area contributed by atoms with Gasteiger partial charge in [0.05, 0.1) is 12.2 Å². The average molecular weight is 368 g/mol. The Labute approximate surface area is 147 Å². The number of likely N-dealkylation sites (tertiary alicyclic amines) is 1. The quantitative estimate of drug-likeness (QED) is 0.825. The lowest BCUT2D eigenvalue weighted by atomic mass is 9.93. The zero-order chi connectivity index (χ0) is 17.1. The number of alkyl halides is 2. The van der Waals surface area contributed by atoms with Crippen molar-refractivity contribution in [1.29, 1.82) is 0 Å². The molecule has 2 atom stereocenters. The molecule has 0 saturated carbocycles. The van der Waals surface area contributed by atoms with Crippen molar-refractivity contribution in [2.24, 2.45) is 0 Å². The molecule has 0 aliphatic carbocycles. The maximum Gasteiger partial charge on any atom is 0.269 e. The van der Waals surface area contributed by atoms with Gasteiger partial charge >= 0.3 is 0 Å². The van der Waals surface area contributed by atoms with E-state index in [9.17, 15) is 4.79 Å². The third-order valence-corrected chi connectivity index (χ3v) is 6.70. The highest BCUT2D eigenvalue weighted by Crippen LogP contribution is 2.48. The maximum atomic E-state index is 15.4. The number of halogens is 2. The highest BCUT2D eigenvalue weighted by Gasteiger charge is 2.71. The van der Waals surface area contributed by atoms with Crippen molar-refractivity contribution in [3.05, 3.63) is 38.2 Å². The van der Waals surface area contributed by atoms with Crippen molar-refractivity contribution in [3.8, 4) is 0 Å². The summed E-state index contributed by atoms with van der Waals surface area (Å²) in [5.74, 6) is -0.737. The molecule has 0 N–H and O–H groups in total. The lowest BCUT2D eigenvalue weighted by Crippen LogP contribution is -2.47. The molecule has 128 valence electrons. The van der Waals surface area contributed by atoms with Crippen LogP contribution in [0.15, 0.2) is 23.6 Å². The van der Waals surface area contributed by atoms with Crippen molar-refractivity contribution >= 4 is 34.3 Å². The van der Waals surface area contributed by atoms with Gasteiger partial charge in [-0.2, -0.15) is 0 Å². The average Bonchev–Trinajstić information content (AvgIpc) is 3.20. The highest BCUT2D eigenvalue weighted by atomic mass is 32.1. The number of anilines is 1. The van der Waals surface area contributed by atoms with Gasteiger partial charge in [-0.15, -0.1) is 22.7 Å². The van der Waals surface area contributed by atoms with Gasteiger partial charge in [-0.25, -0.2) is 8.78 Å². The molecule has 1 amide bonds. The first-order valence-corrected chi connectivity index (χ1v) is 9.54. The van der Waals surface area contributed by atoms with E-state index in [0.29, 0.717) is 12.2 Å². The number of amides is 1. The van der Waals surface area contributed by atoms with Crippen molar-refractivity contribution < 1.29 is 13.6 Å². The van der Waals surface area contributed by atoms with Crippen molar-refractivity contribution in [2.45, 2.75) is 31.7 Å². The smallest absolute Gasteiger partial charge is 0.269 e. The number of hydrogen-bond acceptors (Lipinski definition) is 4. The number of aryl methyl sites for hydroxylation is 2. The van der Waals surface area contributed by atoms with Crippen LogP contribution in [0.2, 0.25) is 0 Å². The van der Waals surface area contributed by atoms with Crippen LogP contribution in [0, 0.1) is 13.8 Å². The largest absolute Gasteiger partial charge is 0.305 e. The van der Waals surface area contributed by atoms with Crippen LogP contribution in [0.25, 0.3) is 0 Å². The third-order valence-electron chi connectivity index (χ3n) is 4.88. The molecule has 2 aliphatic rings. The Balaban J connectivity index is 1.60. The first-order chi connectivity index (χ1) is 11.3. The molecule has 0 bridgehead atoms. The SMILES string of the molecule is Cc1cc(N2C[C@@]3(F)CN(Cc4cccs4)C[C@@]3(F)C2=O)c(C)s1. The normalized spacial score (nSPS) is 30.3. The minimum Gasteiger partial charge on any atom is -0.305 e. The summed E-state index contributed by atoms with van der Waals surface area (Å²) < 4.78 is 30.8. The number of hydrogen-bond donors (Lipinski definition) is 0. The molecule has 2 aromatic heterocycles. The van der Waals surface area contributed by atoms with Crippen molar-refractivity contribution in [2.75, 3.05) is 24.5 Å². The molecule has 24 heavy (non-hydrogen) atoms. The number of nitrogens with zero attached hydrogens (tertiary/aromatic N) is 2. The molecule has 0 unspecified atom stereocenters. The van der Waals surface area contributed by atoms with Gasteiger partial charge in [0.15, 0.2) is 5.67 Å². The molecule has 2 fully saturated rings. The Morgan fingerprint density at radius 1 is 1.25 bits per heavy atom. The van der Waals surface area contributed by atoms with E-state index in [2.05, 4.69) is 0 Å². The molecular weight excluding hydrogens is 350 g/mol. The molecule has 3 nitrogen and oxygen atoms in total. The first kappa shape index (κ1) is 16.2. The van der Waals surface area contributed by atoms with Gasteiger partial charge in [-0.3, -0.25) is 9.69 Å². The molecule has 7 heteroatoms. The van der Waals surface area contributed by atoms with Crippen LogP contribution in [0.5, 0.6) is 0 Å². The number of carbonyl (C=O) groups is 1. The van der Waals surface area contributed by atoms with E-state index >= 15 is 8.78 Å². The van der Waals surface area contributed by atoms with Crippen molar-refractivity contribution in [1.82, 2.24) is 4.90 Å². The van der Waals surface area contributed by atoms with Crippen molar-refractivity contribution in [3.63, 3.8) is 0 Å². The van der Waals surface area contributed by atoms with Gasteiger partial charge in [0, 0.05) is 34.3 Å². The standard InChI is InChI=1S/C17H18F2N2OS2/c1-11-6-14(12(2)24-11)21-9-16(18)8-20(7-13-4-3-5-23-13)10-17(16,19)15(21)22/h3-6H,7-10H2,1-2H3/t16-,17+/m0/s1. The van der Waals surface area contributed by atoms with Crippen LogP contribution in [0.4, 0.5) is 14.5 Å². The predicted octanol–water partition coefficient (Wildman–Crippen LogP) is 3.71. The van der Waals surface area contributed by atoms with E-state index < -0.39 is 17.2 Å². The number of rotatable bonds is 3. The zero-order valence-electron chi connectivity index (χ0n) is 13.5. The van der Waals surface area contributed by atoms with Gasteiger partial charge in [-0.1, -0.05) is 6.07 Å². The fourth-order valence-electron chi connectivity index (χ4n) is 3.77. The first-order valence-electron chi connectivity index (χ1n) is 7.84. The molecule has 0 radical (unpaired) electrons. The monoisotopic (exact) mass is 368 g/mol. The van der Waals surface area contributed by atoms with E-state index in [-0.39, 0.29) is 19.6 Å². The Bertz CT molecular complexity index is 791. The van der Waals surface area contributed by atoms with Gasteiger partial charge in [0.1, 0.15) is 0 Å². The molecular formula is C17H18F2N2OS2. The van der Waals surface area contributed by atoms with E-state index in [4.69, 9.17) is 0 Å². The van der Waals surface area contributed by atoms with Gasteiger partial charge in [0.25, 0.3) is 5.91 Å². The molecule has 2 aliphatic heterocycles. The third kappa shape index (κ3) is 2.25. The highest BCUT2D eigenvalue weighted by molar-refractivity contribution is 7.12. The molecule has 2 aromatic rings. The van der Waals surface area contributed by atoms with Gasteiger partial charge in [0.2, 0.25) is 5.67 Å². The Morgan fingerprint density at radius 3 is 2.62 bits per heavy atom. The number of carbonyl (C=O) groups excluding carboxylic acids is 1. The Kier molecular flexibility index (Phi) is 3.60. The maximum absolute atomic E-state index is 15.4. The summed E-state index contributed by atoms with van der Waals surface area (Å²) in [6, 6.07) is 5.71. The summed E-state index contributed by atoms with van der Waals surface area (Å²) >= 11 is 3.10. The van der Waals surface area contributed by atoms with Crippen LogP contribution in [-0.2, 0) is 11.3 Å². The second-order valence-corrected chi connectivity index (χ2v) is 9.17. The van der Waals surface area contributed by atoms with E-state index in [1.54, 1.807) is 16.2 Å². The van der Waals surface area contributed by atoms with Crippen LogP contribution >= 0.6 is 22.7 Å². The van der Waals surface area contributed by atoms with E-state index in [0.717, 1.165) is 14.6 Å². The topological polar surface area (TPSA) is 23.6 Å². The summed E-state index contributed by atoms with van der Waals surface area (Å²) in [6.45, 7) is 3.86. The Morgan fingerprint density at radius 2 is 2.04 bits per heavy atom. The lowest BCUT2D eigenvalue weighted by molar-refractivity contribution is -0.130. The Hall–Kier alpha value is -1.31. The molecule has 2 saturated heterocycles. The van der Waals surface area contributed by atoms with Crippen LogP contribution in [0.3, 0.4) is 0 Å². The number of fused-ring (bicyclic) bond motifs is 1. The fraction of sp³-hybridized carbons (Fsp3) is 0.471.